The Morgan fingerprint density at radius 2 is 1.39 bits per heavy atom. The Bertz CT molecular complexity index is 1070. The van der Waals surface area contributed by atoms with E-state index in [0.29, 0.717) is 5.71 Å². The van der Waals surface area contributed by atoms with Gasteiger partial charge in [-0.1, -0.05) is 24.3 Å². The number of nitrogens with one attached hydrogen (secondary N) is 1. The molecule has 0 aromatic heterocycles. The van der Waals surface area contributed by atoms with Gasteiger partial charge in [-0.2, -0.15) is 0 Å². The first-order chi connectivity index (χ1) is 16.6. The monoisotopic (exact) mass is 535 g/mol. The molecule has 1 aliphatic heterocycles. The van der Waals surface area contributed by atoms with Crippen LogP contribution in [0.25, 0.3) is 0 Å². The summed E-state index contributed by atoms with van der Waals surface area (Å²) < 4.78 is 101. The number of alkyl halides is 6. The van der Waals surface area contributed by atoms with Crippen LogP contribution in [0, 0.1) is 0 Å². The van der Waals surface area contributed by atoms with Gasteiger partial charge >= 0.3 is 12.7 Å². The van der Waals surface area contributed by atoms with Crippen LogP contribution in [-0.2, 0) is 16.9 Å². The van der Waals surface area contributed by atoms with Crippen molar-refractivity contribution in [1.82, 2.24) is 4.72 Å². The van der Waals surface area contributed by atoms with Crippen molar-refractivity contribution >= 4 is 23.4 Å². The summed E-state index contributed by atoms with van der Waals surface area (Å²) >= 11 is -1.83. The van der Waals surface area contributed by atoms with Gasteiger partial charge in [0.25, 0.3) is 0 Å². The number of rotatable bonds is 8. The van der Waals surface area contributed by atoms with Crippen LogP contribution in [0.1, 0.15) is 38.3 Å². The number of hydrogen-bond donors (Lipinski definition) is 1. The summed E-state index contributed by atoms with van der Waals surface area (Å²) in [6.07, 6.45) is -8.73. The fraction of sp³-hybridized carbons (Fsp3) is 0.391. The highest BCUT2D eigenvalue weighted by atomic mass is 32.2. The fourth-order valence-corrected chi connectivity index (χ4v) is 4.40. The SMILES string of the molecule is CC(C)(C)[S@@+]([O-])NC(CC1=NC=NC1)(c1cccc(OC(F)(F)F)c1)c1cccc(OC(F)(F)F)c1. The molecule has 0 aliphatic carbocycles. The Balaban J connectivity index is 2.23. The van der Waals surface area contributed by atoms with Gasteiger partial charge in [0.05, 0.1) is 6.54 Å². The number of halogens is 6. The van der Waals surface area contributed by atoms with Crippen LogP contribution < -0.4 is 14.2 Å². The summed E-state index contributed by atoms with van der Waals surface area (Å²) in [5.74, 6) is -1.11. The predicted molar refractivity (Wildman–Crippen MR) is 123 cm³/mol. The van der Waals surface area contributed by atoms with E-state index in [1.807, 2.05) is 0 Å². The van der Waals surface area contributed by atoms with Crippen LogP contribution in [0.4, 0.5) is 26.3 Å². The molecule has 0 saturated carbocycles. The minimum atomic E-state index is -4.98. The zero-order valence-electron chi connectivity index (χ0n) is 19.4. The van der Waals surface area contributed by atoms with E-state index in [2.05, 4.69) is 24.2 Å². The minimum absolute atomic E-state index is 0.0697. The smallest absolute Gasteiger partial charge is 0.573 e. The summed E-state index contributed by atoms with van der Waals surface area (Å²) in [5.41, 5.74) is -0.820. The lowest BCUT2D eigenvalue weighted by Gasteiger charge is -2.38. The van der Waals surface area contributed by atoms with Crippen LogP contribution >= 0.6 is 0 Å². The number of hydrogen-bond acceptors (Lipinski definition) is 6. The zero-order valence-corrected chi connectivity index (χ0v) is 20.2. The molecule has 0 fully saturated rings. The van der Waals surface area contributed by atoms with Gasteiger partial charge in [0.1, 0.15) is 28.1 Å². The molecular weight excluding hydrogens is 512 g/mol. The van der Waals surface area contributed by atoms with Crippen molar-refractivity contribution in [3.63, 3.8) is 0 Å². The van der Waals surface area contributed by atoms with E-state index in [-0.39, 0.29) is 24.1 Å². The third-order valence-electron chi connectivity index (χ3n) is 5.01. The molecule has 0 saturated heterocycles. The van der Waals surface area contributed by atoms with Crippen molar-refractivity contribution in [3.05, 3.63) is 59.7 Å². The highest BCUT2D eigenvalue weighted by Gasteiger charge is 2.44. The maximum absolute atomic E-state index is 13.3. The van der Waals surface area contributed by atoms with E-state index in [1.54, 1.807) is 20.8 Å². The Kier molecular flexibility index (Phi) is 7.96. The second-order valence-electron chi connectivity index (χ2n) is 8.87. The van der Waals surface area contributed by atoms with E-state index in [4.69, 9.17) is 0 Å². The first kappa shape index (κ1) is 27.8. The van der Waals surface area contributed by atoms with Gasteiger partial charge < -0.3 is 14.0 Å². The Hall–Kier alpha value is -2.77. The quantitative estimate of drug-likeness (QED) is 0.350. The summed E-state index contributed by atoms with van der Waals surface area (Å²) in [4.78, 5) is 8.19. The molecule has 0 amide bonds. The number of benzene rings is 2. The molecule has 6 nitrogen and oxygen atoms in total. The lowest BCUT2D eigenvalue weighted by molar-refractivity contribution is -0.275. The molecule has 13 heteroatoms. The van der Waals surface area contributed by atoms with Crippen molar-refractivity contribution in [3.8, 4) is 11.5 Å². The second-order valence-corrected chi connectivity index (χ2v) is 10.8. The fourth-order valence-electron chi connectivity index (χ4n) is 3.47. The minimum Gasteiger partial charge on any atom is -0.598 e. The van der Waals surface area contributed by atoms with E-state index in [0.717, 1.165) is 24.3 Å². The van der Waals surface area contributed by atoms with E-state index < -0.39 is 45.9 Å². The molecule has 2 aromatic carbocycles. The molecule has 196 valence electrons. The standard InChI is InChI=1S/C23H23F6N3O3S/c1-20(2,3)36(33)32-21(12-17-13-30-14-31-17,15-6-4-8-18(10-15)34-22(24,25)26)16-7-5-9-19(11-16)35-23(27,28)29/h4-11,14,32H,12-13H2,1-3H3/t36-/m1/s1. The van der Waals surface area contributed by atoms with Gasteiger partial charge in [-0.3, -0.25) is 4.99 Å². The molecule has 0 bridgehead atoms. The topological polar surface area (TPSA) is 78.3 Å². The second kappa shape index (κ2) is 10.3. The molecule has 2 aromatic rings. The number of ether oxygens (including phenoxy) is 2. The average molecular weight is 536 g/mol. The summed E-state index contributed by atoms with van der Waals surface area (Å²) in [5, 5.41) is 0. The van der Waals surface area contributed by atoms with Crippen LogP contribution in [-0.4, -0.2) is 40.6 Å². The normalized spacial score (nSPS) is 15.6. The predicted octanol–water partition coefficient (Wildman–Crippen LogP) is 5.65. The van der Waals surface area contributed by atoms with Gasteiger partial charge in [-0.25, -0.2) is 4.99 Å². The highest BCUT2D eigenvalue weighted by Crippen LogP contribution is 2.40. The molecule has 1 N–H and O–H groups in total. The van der Waals surface area contributed by atoms with Crippen molar-refractivity contribution < 1.29 is 40.4 Å². The van der Waals surface area contributed by atoms with Crippen LogP contribution in [0.15, 0.2) is 58.5 Å². The molecule has 0 radical (unpaired) electrons. The Morgan fingerprint density at radius 3 is 1.78 bits per heavy atom. The lowest BCUT2D eigenvalue weighted by Crippen LogP contribution is -2.53. The van der Waals surface area contributed by atoms with Crippen molar-refractivity contribution in [2.24, 2.45) is 9.98 Å². The van der Waals surface area contributed by atoms with Gasteiger partial charge in [-0.05, 0) is 56.2 Å². The van der Waals surface area contributed by atoms with Gasteiger partial charge in [0.2, 0.25) is 0 Å². The van der Waals surface area contributed by atoms with Crippen LogP contribution in [0.2, 0.25) is 0 Å². The van der Waals surface area contributed by atoms with Crippen molar-refractivity contribution in [2.45, 2.75) is 50.2 Å². The highest BCUT2D eigenvalue weighted by molar-refractivity contribution is 7.90. The zero-order chi connectivity index (χ0) is 26.8. The number of nitrogens with zero attached hydrogens (tertiary/aromatic N) is 2. The lowest BCUT2D eigenvalue weighted by atomic mass is 9.79. The van der Waals surface area contributed by atoms with Crippen LogP contribution in [0.3, 0.4) is 0 Å². The van der Waals surface area contributed by atoms with Crippen LogP contribution in [0.5, 0.6) is 11.5 Å². The third kappa shape index (κ3) is 7.37. The Morgan fingerprint density at radius 1 is 0.889 bits per heavy atom. The summed E-state index contributed by atoms with van der Waals surface area (Å²) in [6, 6.07) is 9.88. The van der Waals surface area contributed by atoms with E-state index >= 15 is 0 Å². The third-order valence-corrected chi connectivity index (χ3v) is 6.66. The molecule has 3 rings (SSSR count). The van der Waals surface area contributed by atoms with Crippen molar-refractivity contribution in [1.29, 1.82) is 0 Å². The molecule has 0 unspecified atom stereocenters. The summed E-state index contributed by atoms with van der Waals surface area (Å²) in [6.45, 7) is 5.17. The van der Waals surface area contributed by atoms with Gasteiger partial charge in [0, 0.05) is 23.5 Å². The molecule has 1 atom stereocenters. The summed E-state index contributed by atoms with van der Waals surface area (Å²) in [7, 11) is 0. The Labute approximate surface area is 206 Å². The van der Waals surface area contributed by atoms with E-state index in [9.17, 15) is 30.9 Å². The maximum Gasteiger partial charge on any atom is 0.573 e. The largest absolute Gasteiger partial charge is 0.598 e. The van der Waals surface area contributed by atoms with E-state index in [1.165, 1.54) is 30.6 Å². The molecule has 1 heterocycles. The first-order valence-electron chi connectivity index (χ1n) is 10.5. The molecule has 0 spiro atoms. The molecular formula is C23H23F6N3O3S. The maximum atomic E-state index is 13.3. The van der Waals surface area contributed by atoms with Gasteiger partial charge in [0.15, 0.2) is 0 Å². The van der Waals surface area contributed by atoms with Gasteiger partial charge in [-0.15, -0.1) is 31.1 Å². The number of aliphatic imine (C=N–C) groups is 2. The average Bonchev–Trinajstić information content (AvgIpc) is 3.23. The molecule has 36 heavy (non-hydrogen) atoms. The van der Waals surface area contributed by atoms with Crippen molar-refractivity contribution in [2.75, 3.05) is 6.54 Å². The first-order valence-corrected chi connectivity index (χ1v) is 11.7. The molecule has 1 aliphatic rings.